The number of nitro benzene ring substituents is 1. The molecule has 1 aliphatic carbocycles. The summed E-state index contributed by atoms with van der Waals surface area (Å²) in [5.41, 5.74) is 0.449. The molecule has 0 heterocycles. The third kappa shape index (κ3) is 3.16. The lowest BCUT2D eigenvalue weighted by Gasteiger charge is -2.08. The number of allylic oxidation sites excluding steroid dienone is 2. The average molecular weight is 246 g/mol. The number of hydrogen-bond donors (Lipinski definition) is 1. The highest BCUT2D eigenvalue weighted by Gasteiger charge is 2.14. The number of nitro groups is 1. The molecule has 0 spiro atoms. The van der Waals surface area contributed by atoms with Gasteiger partial charge < -0.3 is 5.32 Å². The van der Waals surface area contributed by atoms with Crippen LogP contribution in [0.5, 0.6) is 0 Å². The number of nitrogens with one attached hydrogen (secondary N) is 1. The Kier molecular flexibility index (Phi) is 3.72. The van der Waals surface area contributed by atoms with Crippen LogP contribution in [0.1, 0.15) is 19.3 Å². The first-order valence-electron chi connectivity index (χ1n) is 5.86. The molecule has 1 aliphatic rings. The monoisotopic (exact) mass is 246 g/mol. The van der Waals surface area contributed by atoms with Crippen LogP contribution in [0.3, 0.4) is 0 Å². The lowest BCUT2D eigenvalue weighted by atomic mass is 10.1. The van der Waals surface area contributed by atoms with Gasteiger partial charge in [0.05, 0.1) is 4.92 Å². The van der Waals surface area contributed by atoms with Crippen LogP contribution in [0.25, 0.3) is 0 Å². The van der Waals surface area contributed by atoms with E-state index in [0.717, 1.165) is 12.8 Å². The van der Waals surface area contributed by atoms with Crippen molar-refractivity contribution < 1.29 is 9.72 Å². The molecule has 2 rings (SSSR count). The molecule has 94 valence electrons. The lowest BCUT2D eigenvalue weighted by molar-refractivity contribution is -0.384. The Labute approximate surface area is 105 Å². The first-order valence-corrected chi connectivity index (χ1v) is 5.86. The van der Waals surface area contributed by atoms with Crippen molar-refractivity contribution in [2.45, 2.75) is 19.3 Å². The smallest absolute Gasteiger partial charge is 0.271 e. The first-order chi connectivity index (χ1) is 8.65. The van der Waals surface area contributed by atoms with Gasteiger partial charge in [-0.2, -0.15) is 0 Å². The molecule has 0 fully saturated rings. The summed E-state index contributed by atoms with van der Waals surface area (Å²) < 4.78 is 0. The van der Waals surface area contributed by atoms with Gasteiger partial charge in [0, 0.05) is 24.2 Å². The third-order valence-corrected chi connectivity index (χ3v) is 2.90. The Morgan fingerprint density at radius 1 is 1.50 bits per heavy atom. The highest BCUT2D eigenvalue weighted by Crippen LogP contribution is 2.22. The van der Waals surface area contributed by atoms with Crippen LogP contribution in [-0.2, 0) is 4.79 Å². The standard InChI is InChI=1S/C13H14N2O3/c16-13(8-10-4-1-2-5-10)14-11-6-3-7-12(9-11)15(17)18/h1,3-4,6-7,9-10H,2,5,8H2,(H,14,16)/t10-/m0/s1. The number of hydrogen-bond acceptors (Lipinski definition) is 3. The van der Waals surface area contributed by atoms with Crippen molar-refractivity contribution in [3.63, 3.8) is 0 Å². The number of anilines is 1. The Bertz CT molecular complexity index is 497. The van der Waals surface area contributed by atoms with Gasteiger partial charge >= 0.3 is 0 Å². The van der Waals surface area contributed by atoms with Gasteiger partial charge in [0.15, 0.2) is 0 Å². The fourth-order valence-electron chi connectivity index (χ4n) is 2.01. The van der Waals surface area contributed by atoms with E-state index in [2.05, 4.69) is 11.4 Å². The van der Waals surface area contributed by atoms with Crippen molar-refractivity contribution in [1.82, 2.24) is 0 Å². The van der Waals surface area contributed by atoms with Gasteiger partial charge in [-0.05, 0) is 24.8 Å². The summed E-state index contributed by atoms with van der Waals surface area (Å²) in [6, 6.07) is 5.97. The molecule has 1 atom stereocenters. The molecule has 0 bridgehead atoms. The lowest BCUT2D eigenvalue weighted by Crippen LogP contribution is -2.14. The largest absolute Gasteiger partial charge is 0.326 e. The summed E-state index contributed by atoms with van der Waals surface area (Å²) >= 11 is 0. The number of nitrogens with zero attached hydrogens (tertiary/aromatic N) is 1. The van der Waals surface area contributed by atoms with Crippen molar-refractivity contribution in [2.75, 3.05) is 5.32 Å². The van der Waals surface area contributed by atoms with Crippen LogP contribution in [-0.4, -0.2) is 10.8 Å². The highest BCUT2D eigenvalue weighted by molar-refractivity contribution is 5.91. The van der Waals surface area contributed by atoms with Gasteiger partial charge in [-0.25, -0.2) is 0 Å². The van der Waals surface area contributed by atoms with E-state index in [0.29, 0.717) is 18.0 Å². The predicted molar refractivity (Wildman–Crippen MR) is 68.2 cm³/mol. The quantitative estimate of drug-likeness (QED) is 0.504. The molecule has 5 nitrogen and oxygen atoms in total. The zero-order chi connectivity index (χ0) is 13.0. The fourth-order valence-corrected chi connectivity index (χ4v) is 2.01. The number of benzene rings is 1. The molecule has 0 unspecified atom stereocenters. The topological polar surface area (TPSA) is 72.2 Å². The average Bonchev–Trinajstić information content (AvgIpc) is 2.82. The van der Waals surface area contributed by atoms with Crippen LogP contribution < -0.4 is 5.32 Å². The minimum atomic E-state index is -0.477. The van der Waals surface area contributed by atoms with Crippen LogP contribution in [0.15, 0.2) is 36.4 Å². The van der Waals surface area contributed by atoms with Crippen molar-refractivity contribution in [3.05, 3.63) is 46.5 Å². The van der Waals surface area contributed by atoms with Gasteiger partial charge in [-0.15, -0.1) is 0 Å². The number of non-ortho nitro benzene ring substituents is 1. The van der Waals surface area contributed by atoms with Crippen molar-refractivity contribution >= 4 is 17.3 Å². The molecule has 1 N–H and O–H groups in total. The molecule has 0 aliphatic heterocycles. The molecule has 1 aromatic carbocycles. The van der Waals surface area contributed by atoms with Gasteiger partial charge in [-0.1, -0.05) is 18.2 Å². The molecule has 0 radical (unpaired) electrons. The van der Waals surface area contributed by atoms with Gasteiger partial charge in [0.1, 0.15) is 0 Å². The zero-order valence-corrected chi connectivity index (χ0v) is 9.83. The molecule has 1 amide bonds. The Hall–Kier alpha value is -2.17. The summed E-state index contributed by atoms with van der Waals surface area (Å²) in [7, 11) is 0. The molecule has 18 heavy (non-hydrogen) atoms. The minimum Gasteiger partial charge on any atom is -0.326 e. The molecule has 1 aromatic rings. The normalized spacial score (nSPS) is 17.7. The number of amides is 1. The highest BCUT2D eigenvalue weighted by atomic mass is 16.6. The van der Waals surface area contributed by atoms with Crippen LogP contribution in [0, 0.1) is 16.0 Å². The minimum absolute atomic E-state index is 0.0198. The Morgan fingerprint density at radius 2 is 2.33 bits per heavy atom. The van der Waals surface area contributed by atoms with E-state index in [9.17, 15) is 14.9 Å². The maximum atomic E-state index is 11.7. The second-order valence-electron chi connectivity index (χ2n) is 4.33. The molecule has 0 aromatic heterocycles. The summed E-state index contributed by atoms with van der Waals surface area (Å²) in [5, 5.41) is 13.3. The second kappa shape index (κ2) is 5.44. The molecular formula is C13H14N2O3. The Balaban J connectivity index is 1.95. The predicted octanol–water partition coefficient (Wildman–Crippen LogP) is 2.89. The van der Waals surface area contributed by atoms with Gasteiger partial charge in [0.2, 0.25) is 5.91 Å². The van der Waals surface area contributed by atoms with Crippen molar-refractivity contribution in [1.29, 1.82) is 0 Å². The first kappa shape index (κ1) is 12.3. The maximum absolute atomic E-state index is 11.7. The van der Waals surface area contributed by atoms with Gasteiger partial charge in [0.25, 0.3) is 5.69 Å². The third-order valence-electron chi connectivity index (χ3n) is 2.90. The zero-order valence-electron chi connectivity index (χ0n) is 9.83. The number of carbonyl (C=O) groups is 1. The van der Waals surface area contributed by atoms with E-state index in [1.165, 1.54) is 12.1 Å². The number of carbonyl (C=O) groups excluding carboxylic acids is 1. The summed E-state index contributed by atoms with van der Waals surface area (Å²) in [6.45, 7) is 0. The van der Waals surface area contributed by atoms with E-state index >= 15 is 0 Å². The van der Waals surface area contributed by atoms with E-state index in [4.69, 9.17) is 0 Å². The molecule has 0 saturated carbocycles. The molecular weight excluding hydrogens is 232 g/mol. The summed E-state index contributed by atoms with van der Waals surface area (Å²) in [6.07, 6.45) is 6.58. The summed E-state index contributed by atoms with van der Waals surface area (Å²) in [4.78, 5) is 21.9. The van der Waals surface area contributed by atoms with Crippen LogP contribution >= 0.6 is 0 Å². The van der Waals surface area contributed by atoms with Crippen LogP contribution in [0.2, 0.25) is 0 Å². The summed E-state index contributed by atoms with van der Waals surface area (Å²) in [5.74, 6) is 0.191. The van der Waals surface area contributed by atoms with E-state index in [-0.39, 0.29) is 11.6 Å². The number of rotatable bonds is 4. The fraction of sp³-hybridized carbons (Fsp3) is 0.308. The van der Waals surface area contributed by atoms with E-state index < -0.39 is 4.92 Å². The van der Waals surface area contributed by atoms with E-state index in [1.54, 1.807) is 12.1 Å². The van der Waals surface area contributed by atoms with Crippen molar-refractivity contribution in [2.24, 2.45) is 5.92 Å². The Morgan fingerprint density at radius 3 is 3.00 bits per heavy atom. The maximum Gasteiger partial charge on any atom is 0.271 e. The van der Waals surface area contributed by atoms with E-state index in [1.807, 2.05) is 6.08 Å². The van der Waals surface area contributed by atoms with Crippen LogP contribution in [0.4, 0.5) is 11.4 Å². The second-order valence-corrected chi connectivity index (χ2v) is 4.33. The molecule has 0 saturated heterocycles. The molecule has 5 heteroatoms. The van der Waals surface area contributed by atoms with Crippen molar-refractivity contribution in [3.8, 4) is 0 Å². The SMILES string of the molecule is O=C(C[C@H]1C=CCC1)Nc1cccc([N+](=O)[O-])c1. The van der Waals surface area contributed by atoms with Gasteiger partial charge in [-0.3, -0.25) is 14.9 Å².